The van der Waals surface area contributed by atoms with Crippen LogP contribution in [0.5, 0.6) is 0 Å². The summed E-state index contributed by atoms with van der Waals surface area (Å²) in [6.45, 7) is 2.21. The topological polar surface area (TPSA) is 0 Å². The van der Waals surface area contributed by atoms with Gasteiger partial charge in [-0.2, -0.15) is 0 Å². The Hall–Kier alpha value is -1.05. The zero-order chi connectivity index (χ0) is 12.8. The summed E-state index contributed by atoms with van der Waals surface area (Å²) >= 11 is 6.68. The average Bonchev–Trinajstić information content (AvgIpc) is 2.42. The molecular weight excluding hydrogens is 256 g/mol. The van der Waals surface area contributed by atoms with E-state index in [1.165, 1.54) is 10.4 Å². The number of hydrogen-bond acceptors (Lipinski definition) is 0. The fraction of sp³-hybridized carbons (Fsp3) is 0.250. The van der Waals surface area contributed by atoms with Gasteiger partial charge in [0, 0.05) is 5.00 Å². The Bertz CT molecular complexity index is 416. The van der Waals surface area contributed by atoms with Crippen LogP contribution in [0.2, 0.25) is 0 Å². The minimum atomic E-state index is -1.30. The molecule has 0 heterocycles. The van der Waals surface area contributed by atoms with Gasteiger partial charge in [-0.05, 0) is 6.42 Å². The molecule has 1 atom stereocenters. The molecule has 0 spiro atoms. The van der Waals surface area contributed by atoms with Gasteiger partial charge in [-0.1, -0.05) is 84.4 Å². The summed E-state index contributed by atoms with van der Waals surface area (Å²) in [5, 5.41) is 3.18. The standard InChI is InChI=1S/C16H19ClSi/c1-2-9-16(17)18(14-10-5-3-6-11-14)15-12-7-4-8-13-15/h3-8,10-13,16,18H,2,9H2,1H3. The normalized spacial score (nSPS) is 12.6. The summed E-state index contributed by atoms with van der Waals surface area (Å²) in [6.07, 6.45) is 2.25. The van der Waals surface area contributed by atoms with E-state index in [-0.39, 0.29) is 0 Å². The highest BCUT2D eigenvalue weighted by Gasteiger charge is 2.24. The van der Waals surface area contributed by atoms with Crippen LogP contribution >= 0.6 is 11.6 Å². The Kier molecular flexibility index (Phi) is 5.03. The quantitative estimate of drug-likeness (QED) is 0.581. The first-order valence-corrected chi connectivity index (χ1v) is 8.82. The molecule has 0 aliphatic rings. The summed E-state index contributed by atoms with van der Waals surface area (Å²) in [6, 6.07) is 21.5. The maximum absolute atomic E-state index is 6.68. The molecule has 0 saturated heterocycles. The second-order valence-corrected chi connectivity index (χ2v) is 8.68. The van der Waals surface area contributed by atoms with Crippen molar-refractivity contribution in [1.82, 2.24) is 0 Å². The van der Waals surface area contributed by atoms with Crippen LogP contribution in [0.15, 0.2) is 60.7 Å². The first kappa shape index (κ1) is 13.4. The smallest absolute Gasteiger partial charge is 0.121 e. The van der Waals surface area contributed by atoms with Crippen LogP contribution in [0, 0.1) is 0 Å². The fourth-order valence-electron chi connectivity index (χ4n) is 2.37. The predicted molar refractivity (Wildman–Crippen MR) is 83.9 cm³/mol. The van der Waals surface area contributed by atoms with E-state index in [0.29, 0.717) is 5.00 Å². The predicted octanol–water partition coefficient (Wildman–Crippen LogP) is 2.97. The van der Waals surface area contributed by atoms with Crippen molar-refractivity contribution in [3.05, 3.63) is 60.7 Å². The molecule has 2 aromatic rings. The Morgan fingerprint density at radius 2 is 1.33 bits per heavy atom. The summed E-state index contributed by atoms with van der Waals surface area (Å²) in [7, 11) is -1.30. The number of alkyl halides is 1. The van der Waals surface area contributed by atoms with E-state index in [1.807, 2.05) is 0 Å². The van der Waals surface area contributed by atoms with Gasteiger partial charge in [0.05, 0.1) is 0 Å². The molecule has 2 heteroatoms. The van der Waals surface area contributed by atoms with Crippen LogP contribution < -0.4 is 10.4 Å². The molecule has 0 amide bonds. The van der Waals surface area contributed by atoms with Crippen molar-refractivity contribution in [2.24, 2.45) is 0 Å². The number of halogens is 1. The average molecular weight is 275 g/mol. The van der Waals surface area contributed by atoms with Crippen molar-refractivity contribution in [3.8, 4) is 0 Å². The Balaban J connectivity index is 2.35. The monoisotopic (exact) mass is 274 g/mol. The molecule has 0 aromatic heterocycles. The Labute approximate surface area is 116 Å². The molecular formula is C16H19ClSi. The molecule has 0 saturated carbocycles. The highest BCUT2D eigenvalue weighted by atomic mass is 35.5. The van der Waals surface area contributed by atoms with Crippen LogP contribution in [0.4, 0.5) is 0 Å². The van der Waals surface area contributed by atoms with Crippen LogP contribution in [0.1, 0.15) is 19.8 Å². The summed E-state index contributed by atoms with van der Waals surface area (Å²) < 4.78 is 0. The highest BCUT2D eigenvalue weighted by Crippen LogP contribution is 2.10. The fourth-order valence-corrected chi connectivity index (χ4v) is 6.63. The van der Waals surface area contributed by atoms with Crippen molar-refractivity contribution in [3.63, 3.8) is 0 Å². The molecule has 94 valence electrons. The lowest BCUT2D eigenvalue weighted by Crippen LogP contribution is -2.49. The first-order valence-electron chi connectivity index (χ1n) is 6.57. The van der Waals surface area contributed by atoms with E-state index in [9.17, 15) is 0 Å². The van der Waals surface area contributed by atoms with E-state index >= 15 is 0 Å². The summed E-state index contributed by atoms with van der Waals surface area (Å²) in [5.74, 6) is 0. The van der Waals surface area contributed by atoms with E-state index in [4.69, 9.17) is 11.6 Å². The molecule has 18 heavy (non-hydrogen) atoms. The Morgan fingerprint density at radius 1 is 0.889 bits per heavy atom. The second kappa shape index (κ2) is 6.77. The number of benzene rings is 2. The van der Waals surface area contributed by atoms with Gasteiger partial charge in [0.1, 0.15) is 8.80 Å². The molecule has 2 aromatic carbocycles. The van der Waals surface area contributed by atoms with Crippen LogP contribution in [0.25, 0.3) is 0 Å². The van der Waals surface area contributed by atoms with Gasteiger partial charge in [0.25, 0.3) is 0 Å². The van der Waals surface area contributed by atoms with Crippen molar-refractivity contribution in [1.29, 1.82) is 0 Å². The van der Waals surface area contributed by atoms with Gasteiger partial charge < -0.3 is 0 Å². The van der Waals surface area contributed by atoms with Crippen LogP contribution in [0.3, 0.4) is 0 Å². The van der Waals surface area contributed by atoms with E-state index in [2.05, 4.69) is 67.6 Å². The molecule has 2 rings (SSSR count). The first-order chi connectivity index (χ1) is 8.83. The van der Waals surface area contributed by atoms with Gasteiger partial charge in [-0.3, -0.25) is 0 Å². The van der Waals surface area contributed by atoms with Gasteiger partial charge >= 0.3 is 0 Å². The third-order valence-electron chi connectivity index (χ3n) is 3.24. The zero-order valence-electron chi connectivity index (χ0n) is 10.7. The lowest BCUT2D eigenvalue weighted by Gasteiger charge is -2.21. The lowest BCUT2D eigenvalue weighted by molar-refractivity contribution is 0.852. The molecule has 0 N–H and O–H groups in total. The van der Waals surface area contributed by atoms with Gasteiger partial charge in [-0.25, -0.2) is 0 Å². The molecule has 0 radical (unpaired) electrons. The number of rotatable bonds is 5. The molecule has 0 fully saturated rings. The van der Waals surface area contributed by atoms with E-state index < -0.39 is 8.80 Å². The third-order valence-corrected chi connectivity index (χ3v) is 7.48. The van der Waals surface area contributed by atoms with Crippen LogP contribution in [-0.4, -0.2) is 13.8 Å². The minimum Gasteiger partial charge on any atom is -0.126 e. The van der Waals surface area contributed by atoms with Crippen molar-refractivity contribution in [2.45, 2.75) is 24.8 Å². The summed E-state index contributed by atoms with van der Waals surface area (Å²) in [4.78, 5) is 0. The molecule has 1 unspecified atom stereocenters. The second-order valence-electron chi connectivity index (χ2n) is 4.60. The van der Waals surface area contributed by atoms with Gasteiger partial charge in [-0.15, -0.1) is 11.6 Å². The third kappa shape index (κ3) is 3.24. The van der Waals surface area contributed by atoms with E-state index in [0.717, 1.165) is 12.8 Å². The van der Waals surface area contributed by atoms with Crippen molar-refractivity contribution >= 4 is 30.8 Å². The molecule has 0 aliphatic heterocycles. The van der Waals surface area contributed by atoms with Crippen LogP contribution in [-0.2, 0) is 0 Å². The minimum absolute atomic E-state index is 0.291. The Morgan fingerprint density at radius 3 is 1.72 bits per heavy atom. The summed E-state index contributed by atoms with van der Waals surface area (Å²) in [5.41, 5.74) is 0. The zero-order valence-corrected chi connectivity index (χ0v) is 12.6. The van der Waals surface area contributed by atoms with Crippen molar-refractivity contribution < 1.29 is 0 Å². The van der Waals surface area contributed by atoms with Crippen molar-refractivity contribution in [2.75, 3.05) is 0 Å². The lowest BCUT2D eigenvalue weighted by atomic mass is 10.4. The maximum Gasteiger partial charge on any atom is 0.121 e. The largest absolute Gasteiger partial charge is 0.126 e. The maximum atomic E-state index is 6.68. The van der Waals surface area contributed by atoms with E-state index in [1.54, 1.807) is 0 Å². The number of hydrogen-bond donors (Lipinski definition) is 0. The highest BCUT2D eigenvalue weighted by molar-refractivity contribution is 6.91. The van der Waals surface area contributed by atoms with Gasteiger partial charge in [0.2, 0.25) is 0 Å². The molecule has 0 aliphatic carbocycles. The molecule has 0 nitrogen and oxygen atoms in total. The molecule has 0 bridgehead atoms. The SMILES string of the molecule is CCCC(Cl)[SiH](c1ccccc1)c1ccccc1. The van der Waals surface area contributed by atoms with Gasteiger partial charge in [0.15, 0.2) is 0 Å².